The van der Waals surface area contributed by atoms with Gasteiger partial charge < -0.3 is 9.30 Å². The fourth-order valence-corrected chi connectivity index (χ4v) is 3.74. The number of ether oxygens (including phenoxy) is 1. The van der Waals surface area contributed by atoms with Gasteiger partial charge in [-0.1, -0.05) is 48.5 Å². The Balaban J connectivity index is 1.57. The van der Waals surface area contributed by atoms with Crippen molar-refractivity contribution in [2.24, 2.45) is 0 Å². The Morgan fingerprint density at radius 1 is 1.00 bits per heavy atom. The number of hydrogen-bond donors (Lipinski definition) is 0. The van der Waals surface area contributed by atoms with E-state index in [0.717, 1.165) is 22.0 Å². The van der Waals surface area contributed by atoms with Gasteiger partial charge in [-0.3, -0.25) is 4.79 Å². The van der Waals surface area contributed by atoms with Gasteiger partial charge in [0.25, 0.3) is 5.56 Å². The Labute approximate surface area is 171 Å². The zero-order chi connectivity index (χ0) is 20.7. The van der Waals surface area contributed by atoms with Crippen molar-refractivity contribution in [3.05, 3.63) is 101 Å². The first kappa shape index (κ1) is 18.1. The van der Waals surface area contributed by atoms with Crippen LogP contribution in [0, 0.1) is 5.82 Å². The molecule has 0 N–H and O–H groups in total. The van der Waals surface area contributed by atoms with Crippen LogP contribution in [0.4, 0.5) is 4.39 Å². The van der Waals surface area contributed by atoms with E-state index in [-0.39, 0.29) is 17.9 Å². The molecule has 0 unspecified atom stereocenters. The quantitative estimate of drug-likeness (QED) is 0.447. The molecule has 0 saturated carbocycles. The SMILES string of the molecule is COc1ccc(Cn2ccn3nc(-c4cccc5ccccc45)cc3c2=O)cc1F. The van der Waals surface area contributed by atoms with Gasteiger partial charge in [-0.2, -0.15) is 5.10 Å². The standard InChI is InChI=1S/C24H18FN3O2/c1-30-23-10-9-16(13-20(23)25)15-27-11-12-28-22(24(27)29)14-21(26-28)19-8-4-6-17-5-2-3-7-18(17)19/h2-14H,15H2,1H3. The second-order valence-corrected chi connectivity index (χ2v) is 7.09. The molecule has 0 radical (unpaired) electrons. The summed E-state index contributed by atoms with van der Waals surface area (Å²) in [6, 6.07) is 20.6. The van der Waals surface area contributed by atoms with Crippen LogP contribution in [0.3, 0.4) is 0 Å². The first-order valence-corrected chi connectivity index (χ1v) is 9.53. The molecule has 0 spiro atoms. The summed E-state index contributed by atoms with van der Waals surface area (Å²) in [5.74, 6) is -0.274. The minimum atomic E-state index is -0.452. The fraction of sp³-hybridized carbons (Fsp3) is 0.0833. The fourth-order valence-electron chi connectivity index (χ4n) is 3.74. The Bertz CT molecular complexity index is 1450. The van der Waals surface area contributed by atoms with Crippen molar-refractivity contribution in [2.45, 2.75) is 6.54 Å². The van der Waals surface area contributed by atoms with Gasteiger partial charge in [0.15, 0.2) is 11.6 Å². The van der Waals surface area contributed by atoms with Gasteiger partial charge in [-0.25, -0.2) is 8.91 Å². The molecule has 3 aromatic carbocycles. The third kappa shape index (κ3) is 3.03. The number of methoxy groups -OCH3 is 1. The Morgan fingerprint density at radius 3 is 2.67 bits per heavy atom. The van der Waals surface area contributed by atoms with Gasteiger partial charge >= 0.3 is 0 Å². The highest BCUT2D eigenvalue weighted by atomic mass is 19.1. The van der Waals surface area contributed by atoms with E-state index in [2.05, 4.69) is 17.2 Å². The van der Waals surface area contributed by atoms with Crippen molar-refractivity contribution < 1.29 is 9.13 Å². The maximum atomic E-state index is 14.0. The molecule has 0 aliphatic heterocycles. The third-order valence-corrected chi connectivity index (χ3v) is 5.24. The highest BCUT2D eigenvalue weighted by Gasteiger charge is 2.12. The van der Waals surface area contributed by atoms with Gasteiger partial charge in [0.1, 0.15) is 5.52 Å². The maximum Gasteiger partial charge on any atom is 0.276 e. The van der Waals surface area contributed by atoms with Gasteiger partial charge in [0.05, 0.1) is 19.3 Å². The molecule has 5 aromatic rings. The molecule has 2 aromatic heterocycles. The van der Waals surface area contributed by atoms with Crippen LogP contribution in [0.25, 0.3) is 27.5 Å². The molecule has 5 rings (SSSR count). The number of rotatable bonds is 4. The highest BCUT2D eigenvalue weighted by molar-refractivity contribution is 5.96. The van der Waals surface area contributed by atoms with Gasteiger partial charge in [-0.15, -0.1) is 0 Å². The smallest absolute Gasteiger partial charge is 0.276 e. The van der Waals surface area contributed by atoms with Gasteiger partial charge in [0, 0.05) is 18.0 Å². The summed E-state index contributed by atoms with van der Waals surface area (Å²) in [7, 11) is 1.42. The summed E-state index contributed by atoms with van der Waals surface area (Å²) in [4.78, 5) is 13.0. The Kier molecular flexibility index (Phi) is 4.32. The molecule has 0 aliphatic carbocycles. The summed E-state index contributed by atoms with van der Waals surface area (Å²) >= 11 is 0. The Hall–Kier alpha value is -3.93. The van der Waals surface area contributed by atoms with Crippen molar-refractivity contribution in [1.29, 1.82) is 0 Å². The van der Waals surface area contributed by atoms with E-state index >= 15 is 0 Å². The molecule has 148 valence electrons. The average Bonchev–Trinajstić information content (AvgIpc) is 3.20. The lowest BCUT2D eigenvalue weighted by molar-refractivity contribution is 0.386. The van der Waals surface area contributed by atoms with Crippen molar-refractivity contribution in [2.75, 3.05) is 7.11 Å². The van der Waals surface area contributed by atoms with E-state index in [9.17, 15) is 9.18 Å². The molecule has 6 heteroatoms. The first-order chi connectivity index (χ1) is 14.6. The molecule has 0 bridgehead atoms. The van der Waals surface area contributed by atoms with Crippen molar-refractivity contribution in [3.63, 3.8) is 0 Å². The number of nitrogens with zero attached hydrogens (tertiary/aromatic N) is 3. The molecule has 0 amide bonds. The molecule has 5 nitrogen and oxygen atoms in total. The van der Waals surface area contributed by atoms with Crippen LogP contribution in [0.1, 0.15) is 5.56 Å². The predicted octanol–water partition coefficient (Wildman–Crippen LogP) is 4.51. The number of fused-ring (bicyclic) bond motifs is 2. The normalized spacial score (nSPS) is 11.3. The largest absolute Gasteiger partial charge is 0.494 e. The molecule has 0 saturated heterocycles. The topological polar surface area (TPSA) is 48.5 Å². The zero-order valence-corrected chi connectivity index (χ0v) is 16.2. The van der Waals surface area contributed by atoms with Crippen LogP contribution < -0.4 is 10.3 Å². The summed E-state index contributed by atoms with van der Waals surface area (Å²) in [6.45, 7) is 0.255. The molecule has 0 atom stereocenters. The van der Waals surface area contributed by atoms with Crippen LogP contribution in [-0.4, -0.2) is 21.3 Å². The molecule has 0 aliphatic rings. The second-order valence-electron chi connectivity index (χ2n) is 7.09. The van der Waals surface area contributed by atoms with Crippen molar-refractivity contribution in [3.8, 4) is 17.0 Å². The van der Waals surface area contributed by atoms with Crippen LogP contribution >= 0.6 is 0 Å². The van der Waals surface area contributed by atoms with E-state index in [1.54, 1.807) is 39.7 Å². The van der Waals surface area contributed by atoms with E-state index in [0.29, 0.717) is 11.1 Å². The zero-order valence-electron chi connectivity index (χ0n) is 16.2. The number of halogens is 1. The summed E-state index contributed by atoms with van der Waals surface area (Å²) in [5.41, 5.74) is 2.66. The lowest BCUT2D eigenvalue weighted by atomic mass is 10.0. The van der Waals surface area contributed by atoms with Crippen LogP contribution in [0.15, 0.2) is 83.9 Å². The molecular weight excluding hydrogens is 381 g/mol. The summed E-state index contributed by atoms with van der Waals surface area (Å²) in [5, 5.41) is 6.80. The minimum absolute atomic E-state index is 0.178. The molecule has 30 heavy (non-hydrogen) atoms. The predicted molar refractivity (Wildman–Crippen MR) is 114 cm³/mol. The Morgan fingerprint density at radius 2 is 1.83 bits per heavy atom. The van der Waals surface area contributed by atoms with E-state index in [1.807, 2.05) is 30.3 Å². The van der Waals surface area contributed by atoms with Crippen molar-refractivity contribution in [1.82, 2.24) is 14.2 Å². The molecule has 2 heterocycles. The van der Waals surface area contributed by atoms with Crippen LogP contribution in [0.2, 0.25) is 0 Å². The van der Waals surface area contributed by atoms with E-state index in [4.69, 9.17) is 4.74 Å². The maximum absolute atomic E-state index is 14.0. The highest BCUT2D eigenvalue weighted by Crippen LogP contribution is 2.28. The number of aromatic nitrogens is 3. The number of hydrogen-bond acceptors (Lipinski definition) is 3. The van der Waals surface area contributed by atoms with E-state index < -0.39 is 5.82 Å². The van der Waals surface area contributed by atoms with Crippen LogP contribution in [-0.2, 0) is 6.54 Å². The lowest BCUT2D eigenvalue weighted by Crippen LogP contribution is -2.21. The van der Waals surface area contributed by atoms with E-state index in [1.165, 1.54) is 13.2 Å². The molecular formula is C24H18FN3O2. The third-order valence-electron chi connectivity index (χ3n) is 5.24. The average molecular weight is 399 g/mol. The minimum Gasteiger partial charge on any atom is -0.494 e. The summed E-state index contributed by atoms with van der Waals surface area (Å²) < 4.78 is 22.1. The monoisotopic (exact) mass is 399 g/mol. The first-order valence-electron chi connectivity index (χ1n) is 9.53. The summed E-state index contributed by atoms with van der Waals surface area (Å²) in [6.07, 6.45) is 3.41. The van der Waals surface area contributed by atoms with Crippen molar-refractivity contribution >= 4 is 16.3 Å². The number of benzene rings is 3. The molecule has 0 fully saturated rings. The van der Waals surface area contributed by atoms with Crippen LogP contribution in [0.5, 0.6) is 5.75 Å². The lowest BCUT2D eigenvalue weighted by Gasteiger charge is -2.08. The van der Waals surface area contributed by atoms with Gasteiger partial charge in [0.2, 0.25) is 0 Å². The second kappa shape index (κ2) is 7.15. The van der Waals surface area contributed by atoms with Gasteiger partial charge in [-0.05, 0) is 34.5 Å².